The molecule has 5 nitrogen and oxygen atoms in total. The van der Waals surface area contributed by atoms with Crippen molar-refractivity contribution in [3.63, 3.8) is 0 Å². The number of aromatic nitrogens is 2. The molecule has 2 aromatic heterocycles. The molecule has 1 N–H and O–H groups in total. The smallest absolute Gasteiger partial charge is 0.272 e. The summed E-state index contributed by atoms with van der Waals surface area (Å²) in [7, 11) is 0. The molecule has 0 atom stereocenters. The lowest BCUT2D eigenvalue weighted by Crippen LogP contribution is -2.28. The van der Waals surface area contributed by atoms with Gasteiger partial charge >= 0.3 is 0 Å². The Morgan fingerprint density at radius 1 is 1.22 bits per heavy atom. The van der Waals surface area contributed by atoms with Crippen LogP contribution in [0, 0.1) is 13.8 Å². The van der Waals surface area contributed by atoms with Crippen molar-refractivity contribution in [3.05, 3.63) is 68.3 Å². The van der Waals surface area contributed by atoms with Crippen molar-refractivity contribution in [1.29, 1.82) is 0 Å². The van der Waals surface area contributed by atoms with Gasteiger partial charge in [0, 0.05) is 6.54 Å². The largest absolute Gasteiger partial charge is 0.355 e. The van der Waals surface area contributed by atoms with Crippen LogP contribution in [0.5, 0.6) is 0 Å². The highest BCUT2D eigenvalue weighted by Crippen LogP contribution is 2.23. The highest BCUT2D eigenvalue weighted by atomic mass is 32.2. The van der Waals surface area contributed by atoms with Crippen molar-refractivity contribution in [2.45, 2.75) is 57.7 Å². The van der Waals surface area contributed by atoms with Crippen LogP contribution >= 0.6 is 23.1 Å². The summed E-state index contributed by atoms with van der Waals surface area (Å²) in [5, 5.41) is 5.49. The molecule has 0 bridgehead atoms. The molecular formula is C25H29N3O2S2. The number of benzene rings is 1. The highest BCUT2D eigenvalue weighted by molar-refractivity contribution is 7.99. The summed E-state index contributed by atoms with van der Waals surface area (Å²) < 4.78 is 2.36. The fraction of sp³-hybridized carbons (Fsp3) is 0.400. The van der Waals surface area contributed by atoms with Crippen LogP contribution in [-0.2, 0) is 11.3 Å². The molecule has 3 aromatic rings. The molecule has 0 saturated carbocycles. The van der Waals surface area contributed by atoms with E-state index in [1.807, 2.05) is 11.4 Å². The number of allylic oxidation sites excluding steroid dienone is 1. The second-order valence-electron chi connectivity index (χ2n) is 8.34. The first kappa shape index (κ1) is 22.8. The number of nitrogens with zero attached hydrogens (tertiary/aromatic N) is 2. The lowest BCUT2D eigenvalue weighted by Gasteiger charge is -2.14. The number of carbonyl (C=O) groups excluding carboxylic acids is 1. The predicted molar refractivity (Wildman–Crippen MR) is 134 cm³/mol. The number of amides is 1. The molecule has 0 spiro atoms. The number of hydrogen-bond acceptors (Lipinski definition) is 5. The summed E-state index contributed by atoms with van der Waals surface area (Å²) >= 11 is 2.74. The molecule has 2 heterocycles. The van der Waals surface area contributed by atoms with Crippen molar-refractivity contribution >= 4 is 39.2 Å². The molecule has 4 rings (SSSR count). The van der Waals surface area contributed by atoms with Crippen LogP contribution in [0.15, 0.2) is 51.2 Å². The fourth-order valence-electron chi connectivity index (χ4n) is 3.93. The quantitative estimate of drug-likeness (QED) is 0.280. The Hall–Kier alpha value is -2.38. The lowest BCUT2D eigenvalue weighted by atomic mass is 9.97. The van der Waals surface area contributed by atoms with Gasteiger partial charge in [0.15, 0.2) is 5.16 Å². The Labute approximate surface area is 197 Å². The van der Waals surface area contributed by atoms with Gasteiger partial charge in [-0.1, -0.05) is 41.6 Å². The Morgan fingerprint density at radius 3 is 2.88 bits per heavy atom. The minimum absolute atomic E-state index is 0.0243. The highest BCUT2D eigenvalue weighted by Gasteiger charge is 2.15. The third kappa shape index (κ3) is 5.51. The minimum atomic E-state index is -0.0460. The lowest BCUT2D eigenvalue weighted by molar-refractivity contribution is -0.118. The molecule has 0 aliphatic heterocycles. The fourth-order valence-corrected chi connectivity index (χ4v) is 5.54. The van der Waals surface area contributed by atoms with Crippen LogP contribution in [0.25, 0.3) is 10.2 Å². The topological polar surface area (TPSA) is 64.0 Å². The van der Waals surface area contributed by atoms with Gasteiger partial charge in [-0.2, -0.15) is 0 Å². The molecule has 7 heteroatoms. The summed E-state index contributed by atoms with van der Waals surface area (Å²) in [4.78, 5) is 30.3. The maximum absolute atomic E-state index is 13.2. The molecule has 1 aliphatic rings. The standard InChI is InChI=1S/C25H29N3O2S2/c1-17-8-9-20(14-18(17)2)15-28-24(30)23-21(11-13-31-23)27-25(28)32-16-22(29)26-12-10-19-6-4-3-5-7-19/h6,8-9,11,13-14H,3-5,7,10,12,15-16H2,1-2H3,(H,26,29). The number of thiophene rings is 1. The Bertz CT molecular complexity index is 1210. The zero-order chi connectivity index (χ0) is 22.5. The van der Waals surface area contributed by atoms with E-state index in [0.29, 0.717) is 28.5 Å². The zero-order valence-electron chi connectivity index (χ0n) is 18.6. The summed E-state index contributed by atoms with van der Waals surface area (Å²) in [5.41, 5.74) is 5.58. The number of rotatable bonds is 8. The van der Waals surface area contributed by atoms with Crippen LogP contribution in [0.4, 0.5) is 0 Å². The van der Waals surface area contributed by atoms with E-state index in [2.05, 4.69) is 43.4 Å². The molecule has 32 heavy (non-hydrogen) atoms. The van der Waals surface area contributed by atoms with E-state index < -0.39 is 0 Å². The SMILES string of the molecule is Cc1ccc(Cn2c(SCC(=O)NCCC3=CCCCC3)nc3ccsc3c2=O)cc1C. The molecule has 0 saturated heterocycles. The van der Waals surface area contributed by atoms with E-state index in [1.54, 1.807) is 4.57 Å². The van der Waals surface area contributed by atoms with Gasteiger partial charge in [0.2, 0.25) is 5.91 Å². The van der Waals surface area contributed by atoms with E-state index in [-0.39, 0.29) is 17.2 Å². The Morgan fingerprint density at radius 2 is 2.09 bits per heavy atom. The normalized spacial score (nSPS) is 13.9. The molecule has 0 fully saturated rings. The van der Waals surface area contributed by atoms with Crippen molar-refractivity contribution in [3.8, 4) is 0 Å². The van der Waals surface area contributed by atoms with Gasteiger partial charge in [-0.15, -0.1) is 11.3 Å². The van der Waals surface area contributed by atoms with Crippen molar-refractivity contribution in [1.82, 2.24) is 14.9 Å². The van der Waals surface area contributed by atoms with E-state index in [9.17, 15) is 9.59 Å². The Balaban J connectivity index is 1.46. The number of aryl methyl sites for hydroxylation is 2. The number of hydrogen-bond donors (Lipinski definition) is 1. The first-order valence-electron chi connectivity index (χ1n) is 11.1. The van der Waals surface area contributed by atoms with E-state index in [4.69, 9.17) is 4.98 Å². The first-order valence-corrected chi connectivity index (χ1v) is 13.0. The van der Waals surface area contributed by atoms with Gasteiger partial charge in [-0.05, 0) is 74.1 Å². The molecule has 1 aliphatic carbocycles. The maximum Gasteiger partial charge on any atom is 0.272 e. The number of thioether (sulfide) groups is 1. The molecule has 168 valence electrons. The van der Waals surface area contributed by atoms with Crippen molar-refractivity contribution in [2.24, 2.45) is 0 Å². The maximum atomic E-state index is 13.2. The molecule has 1 aromatic carbocycles. The van der Waals surface area contributed by atoms with Crippen LogP contribution in [0.1, 0.15) is 48.8 Å². The second kappa shape index (κ2) is 10.5. The molecule has 0 unspecified atom stereocenters. The summed E-state index contributed by atoms with van der Waals surface area (Å²) in [6.45, 7) is 5.26. The van der Waals surface area contributed by atoms with E-state index in [1.165, 1.54) is 52.6 Å². The molecule has 1 amide bonds. The van der Waals surface area contributed by atoms with E-state index >= 15 is 0 Å². The predicted octanol–water partition coefficient (Wildman–Crippen LogP) is 5.22. The van der Waals surface area contributed by atoms with Crippen LogP contribution in [0.2, 0.25) is 0 Å². The van der Waals surface area contributed by atoms with E-state index in [0.717, 1.165) is 24.8 Å². The average molecular weight is 468 g/mol. The summed E-state index contributed by atoms with van der Waals surface area (Å²) in [6, 6.07) is 8.11. The number of nitrogens with one attached hydrogen (secondary N) is 1. The van der Waals surface area contributed by atoms with Crippen LogP contribution in [0.3, 0.4) is 0 Å². The minimum Gasteiger partial charge on any atom is -0.355 e. The number of carbonyl (C=O) groups is 1. The molecular weight excluding hydrogens is 438 g/mol. The monoisotopic (exact) mass is 467 g/mol. The van der Waals surface area contributed by atoms with Crippen molar-refractivity contribution in [2.75, 3.05) is 12.3 Å². The van der Waals surface area contributed by atoms with Gasteiger partial charge in [-0.25, -0.2) is 4.98 Å². The van der Waals surface area contributed by atoms with Gasteiger partial charge < -0.3 is 5.32 Å². The van der Waals surface area contributed by atoms with Crippen LogP contribution < -0.4 is 10.9 Å². The second-order valence-corrected chi connectivity index (χ2v) is 10.2. The average Bonchev–Trinajstić information content (AvgIpc) is 3.26. The zero-order valence-corrected chi connectivity index (χ0v) is 20.3. The third-order valence-electron chi connectivity index (χ3n) is 5.93. The van der Waals surface area contributed by atoms with Gasteiger partial charge in [0.1, 0.15) is 4.70 Å². The van der Waals surface area contributed by atoms with Crippen LogP contribution in [-0.4, -0.2) is 27.8 Å². The Kier molecular flexibility index (Phi) is 7.48. The van der Waals surface area contributed by atoms with Gasteiger partial charge in [0.25, 0.3) is 5.56 Å². The third-order valence-corrected chi connectivity index (χ3v) is 7.80. The summed E-state index contributed by atoms with van der Waals surface area (Å²) in [5.74, 6) is 0.220. The summed E-state index contributed by atoms with van der Waals surface area (Å²) in [6.07, 6.45) is 8.08. The number of fused-ring (bicyclic) bond motifs is 1. The van der Waals surface area contributed by atoms with Gasteiger partial charge in [0.05, 0.1) is 17.8 Å². The van der Waals surface area contributed by atoms with Crippen molar-refractivity contribution < 1.29 is 4.79 Å². The molecule has 0 radical (unpaired) electrons. The first-order chi connectivity index (χ1) is 15.5. The van der Waals surface area contributed by atoms with Gasteiger partial charge in [-0.3, -0.25) is 14.2 Å².